The summed E-state index contributed by atoms with van der Waals surface area (Å²) in [6.07, 6.45) is 3.28. The molecule has 0 aliphatic carbocycles. The number of rotatable bonds is 6. The number of ether oxygens (including phenoxy) is 4. The Morgan fingerprint density at radius 3 is 2.40 bits per heavy atom. The first-order valence-electron chi connectivity index (χ1n) is 8.39. The van der Waals surface area contributed by atoms with Crippen molar-refractivity contribution in [1.29, 1.82) is 0 Å². The summed E-state index contributed by atoms with van der Waals surface area (Å²) in [6, 6.07) is 17.9. The first-order chi connectivity index (χ1) is 12.1. The molecule has 2 aromatic carbocycles. The highest BCUT2D eigenvalue weighted by atomic mass is 16.8. The van der Waals surface area contributed by atoms with Crippen LogP contribution < -0.4 is 4.74 Å². The summed E-state index contributed by atoms with van der Waals surface area (Å²) in [5.74, 6) is 0.166. The second-order valence-corrected chi connectivity index (χ2v) is 6.40. The van der Waals surface area contributed by atoms with E-state index in [0.717, 1.165) is 16.9 Å². The Hall–Kier alpha value is -2.14. The fourth-order valence-corrected chi connectivity index (χ4v) is 2.69. The molecule has 0 spiro atoms. The van der Waals surface area contributed by atoms with Crippen molar-refractivity contribution in [2.75, 3.05) is 7.11 Å². The molecule has 4 heteroatoms. The molecule has 0 unspecified atom stereocenters. The van der Waals surface area contributed by atoms with E-state index in [4.69, 9.17) is 18.9 Å². The van der Waals surface area contributed by atoms with Crippen LogP contribution in [0.1, 0.15) is 25.0 Å². The van der Waals surface area contributed by atoms with Gasteiger partial charge in [0.1, 0.15) is 11.9 Å². The molecule has 3 rings (SSSR count). The molecule has 0 saturated carbocycles. The third-order valence-corrected chi connectivity index (χ3v) is 3.94. The van der Waals surface area contributed by atoms with Crippen LogP contribution in [-0.2, 0) is 20.8 Å². The average Bonchev–Trinajstić information content (AvgIpc) is 2.93. The summed E-state index contributed by atoms with van der Waals surface area (Å²) in [7, 11) is 1.66. The molecule has 0 amide bonds. The van der Waals surface area contributed by atoms with Gasteiger partial charge in [-0.2, -0.15) is 0 Å². The van der Waals surface area contributed by atoms with E-state index >= 15 is 0 Å². The van der Waals surface area contributed by atoms with Gasteiger partial charge in [-0.05, 0) is 37.1 Å². The van der Waals surface area contributed by atoms with Crippen molar-refractivity contribution >= 4 is 6.08 Å². The normalized spacial score (nSPS) is 22.4. The van der Waals surface area contributed by atoms with E-state index in [9.17, 15) is 0 Å². The predicted molar refractivity (Wildman–Crippen MR) is 97.1 cm³/mol. The van der Waals surface area contributed by atoms with Gasteiger partial charge in [0, 0.05) is 0 Å². The summed E-state index contributed by atoms with van der Waals surface area (Å²) < 4.78 is 23.0. The van der Waals surface area contributed by atoms with E-state index in [1.807, 2.05) is 80.6 Å². The van der Waals surface area contributed by atoms with E-state index in [-0.39, 0.29) is 6.10 Å². The van der Waals surface area contributed by atoms with Crippen LogP contribution in [0.15, 0.2) is 60.7 Å². The third kappa shape index (κ3) is 4.92. The highest BCUT2D eigenvalue weighted by Gasteiger charge is 2.40. The van der Waals surface area contributed by atoms with Crippen molar-refractivity contribution in [1.82, 2.24) is 0 Å². The van der Waals surface area contributed by atoms with Crippen molar-refractivity contribution in [3.05, 3.63) is 71.8 Å². The SMILES string of the molecule is COc1ccc(/C=C/[C@H]2OC(C)(C)O[C@@H]2OCc2ccccc2)cc1. The Kier molecular flexibility index (Phi) is 5.53. The number of hydrogen-bond donors (Lipinski definition) is 0. The third-order valence-electron chi connectivity index (χ3n) is 3.94. The van der Waals surface area contributed by atoms with Crippen LogP contribution in [0.2, 0.25) is 0 Å². The van der Waals surface area contributed by atoms with Crippen LogP contribution >= 0.6 is 0 Å². The lowest BCUT2D eigenvalue weighted by Gasteiger charge is -2.16. The second kappa shape index (κ2) is 7.83. The first kappa shape index (κ1) is 17.7. The molecule has 0 radical (unpaired) electrons. The molecule has 0 aromatic heterocycles. The minimum atomic E-state index is -0.670. The van der Waals surface area contributed by atoms with Crippen molar-refractivity contribution in [2.45, 2.75) is 38.6 Å². The minimum absolute atomic E-state index is 0.263. The van der Waals surface area contributed by atoms with Crippen LogP contribution in [-0.4, -0.2) is 25.3 Å². The van der Waals surface area contributed by atoms with Gasteiger partial charge in [0.25, 0.3) is 0 Å². The lowest BCUT2D eigenvalue weighted by atomic mass is 10.2. The second-order valence-electron chi connectivity index (χ2n) is 6.40. The molecule has 4 nitrogen and oxygen atoms in total. The quantitative estimate of drug-likeness (QED) is 0.781. The Balaban J connectivity index is 1.65. The number of benzene rings is 2. The summed E-state index contributed by atoms with van der Waals surface area (Å²) in [4.78, 5) is 0. The standard InChI is InChI=1S/C21H24O4/c1-21(2)24-19(14-11-16-9-12-18(22-3)13-10-16)20(25-21)23-15-17-7-5-4-6-8-17/h4-14,19-20H,15H2,1-3H3/b14-11+/t19-,20+/m1/s1. The monoisotopic (exact) mass is 340 g/mol. The van der Waals surface area contributed by atoms with Crippen LogP contribution in [0.3, 0.4) is 0 Å². The van der Waals surface area contributed by atoms with Gasteiger partial charge in [0.15, 0.2) is 12.1 Å². The number of hydrogen-bond acceptors (Lipinski definition) is 4. The maximum Gasteiger partial charge on any atom is 0.191 e. The van der Waals surface area contributed by atoms with Crippen molar-refractivity contribution in [3.8, 4) is 5.75 Å². The van der Waals surface area contributed by atoms with Gasteiger partial charge in [0.05, 0.1) is 13.7 Å². The molecule has 1 aliphatic heterocycles. The van der Waals surface area contributed by atoms with Crippen LogP contribution in [0.25, 0.3) is 6.08 Å². The van der Waals surface area contributed by atoms with Gasteiger partial charge in [0.2, 0.25) is 0 Å². The lowest BCUT2D eigenvalue weighted by molar-refractivity contribution is -0.194. The zero-order valence-corrected chi connectivity index (χ0v) is 14.8. The minimum Gasteiger partial charge on any atom is -0.497 e. The molecule has 1 fully saturated rings. The van der Waals surface area contributed by atoms with Crippen molar-refractivity contribution in [2.24, 2.45) is 0 Å². The summed E-state index contributed by atoms with van der Waals surface area (Å²) in [6.45, 7) is 4.28. The summed E-state index contributed by atoms with van der Waals surface area (Å²) in [5, 5.41) is 0. The van der Waals surface area contributed by atoms with Gasteiger partial charge in [-0.3, -0.25) is 0 Å². The van der Waals surface area contributed by atoms with E-state index in [2.05, 4.69) is 0 Å². The Morgan fingerprint density at radius 2 is 1.72 bits per heavy atom. The smallest absolute Gasteiger partial charge is 0.191 e. The number of methoxy groups -OCH3 is 1. The zero-order valence-electron chi connectivity index (χ0n) is 14.8. The van der Waals surface area contributed by atoms with Crippen molar-refractivity contribution < 1.29 is 18.9 Å². The van der Waals surface area contributed by atoms with Crippen LogP contribution in [0, 0.1) is 0 Å². The Bertz CT molecular complexity index is 692. The highest BCUT2D eigenvalue weighted by Crippen LogP contribution is 2.30. The van der Waals surface area contributed by atoms with E-state index < -0.39 is 12.1 Å². The predicted octanol–water partition coefficient (Wildman–Crippen LogP) is 4.40. The molecule has 1 saturated heterocycles. The molecule has 0 N–H and O–H groups in total. The fraction of sp³-hybridized carbons (Fsp3) is 0.333. The summed E-state index contributed by atoms with van der Waals surface area (Å²) >= 11 is 0. The molecular weight excluding hydrogens is 316 g/mol. The Labute approximate surface area is 149 Å². The van der Waals surface area contributed by atoms with Gasteiger partial charge in [-0.25, -0.2) is 0 Å². The molecular formula is C21H24O4. The molecule has 25 heavy (non-hydrogen) atoms. The highest BCUT2D eigenvalue weighted by molar-refractivity contribution is 5.51. The maximum atomic E-state index is 5.96. The average molecular weight is 340 g/mol. The molecule has 1 heterocycles. The molecule has 132 valence electrons. The molecule has 1 aliphatic rings. The van der Waals surface area contributed by atoms with Gasteiger partial charge < -0.3 is 18.9 Å². The van der Waals surface area contributed by atoms with E-state index in [1.54, 1.807) is 7.11 Å². The van der Waals surface area contributed by atoms with Gasteiger partial charge >= 0.3 is 0 Å². The lowest BCUT2D eigenvalue weighted by Crippen LogP contribution is -2.24. The fourth-order valence-electron chi connectivity index (χ4n) is 2.69. The van der Waals surface area contributed by atoms with Gasteiger partial charge in [-0.15, -0.1) is 0 Å². The molecule has 2 aromatic rings. The summed E-state index contributed by atoms with van der Waals surface area (Å²) in [5.41, 5.74) is 2.17. The van der Waals surface area contributed by atoms with E-state index in [0.29, 0.717) is 6.61 Å². The maximum absolute atomic E-state index is 5.96. The first-order valence-corrected chi connectivity index (χ1v) is 8.39. The largest absolute Gasteiger partial charge is 0.497 e. The molecule has 2 atom stereocenters. The van der Waals surface area contributed by atoms with E-state index in [1.165, 1.54) is 0 Å². The van der Waals surface area contributed by atoms with Crippen molar-refractivity contribution in [3.63, 3.8) is 0 Å². The topological polar surface area (TPSA) is 36.9 Å². The zero-order chi connectivity index (χ0) is 17.7. The van der Waals surface area contributed by atoms with Crippen LogP contribution in [0.4, 0.5) is 0 Å². The van der Waals surface area contributed by atoms with Gasteiger partial charge in [-0.1, -0.05) is 54.6 Å². The Morgan fingerprint density at radius 1 is 1.00 bits per heavy atom. The molecule has 0 bridgehead atoms. The van der Waals surface area contributed by atoms with Crippen LogP contribution in [0.5, 0.6) is 5.75 Å².